The van der Waals surface area contributed by atoms with Gasteiger partial charge in [0.1, 0.15) is 0 Å². The average Bonchev–Trinajstić information content (AvgIpc) is 3.18. The van der Waals surface area contributed by atoms with Gasteiger partial charge in [0, 0.05) is 39.3 Å². The number of aliphatic hydroxyl groups excluding tert-OH is 1. The van der Waals surface area contributed by atoms with Gasteiger partial charge in [0.2, 0.25) is 0 Å². The summed E-state index contributed by atoms with van der Waals surface area (Å²) in [4.78, 5) is 9.62. The minimum atomic E-state index is -0.463. The van der Waals surface area contributed by atoms with Crippen molar-refractivity contribution in [1.29, 1.82) is 0 Å². The van der Waals surface area contributed by atoms with Crippen LogP contribution in [0.25, 0.3) is 39.1 Å². The first-order valence-corrected chi connectivity index (χ1v) is 11.3. The molecule has 0 atom stereocenters. The molecule has 0 aliphatic heterocycles. The van der Waals surface area contributed by atoms with Crippen molar-refractivity contribution in [3.8, 4) is 22.4 Å². The number of nitrogens with zero attached hydrogens (tertiary/aromatic N) is 4. The van der Waals surface area contributed by atoms with Gasteiger partial charge in [-0.1, -0.05) is 48.0 Å². The lowest BCUT2D eigenvalue weighted by molar-refractivity contribution is 0.0209. The van der Waals surface area contributed by atoms with E-state index in [0.29, 0.717) is 17.9 Å². The van der Waals surface area contributed by atoms with Gasteiger partial charge >= 0.3 is 0 Å². The molecule has 1 aliphatic carbocycles. The van der Waals surface area contributed by atoms with Gasteiger partial charge in [0.15, 0.2) is 11.3 Å². The number of nitrogens with two attached hydrogens (primary N) is 1. The molecule has 0 amide bonds. The fraction of sp³-hybridized carbons (Fsp3) is 0.192. The fourth-order valence-corrected chi connectivity index (χ4v) is 4.92. The first kappa shape index (κ1) is 20.3. The van der Waals surface area contributed by atoms with Crippen LogP contribution in [0.4, 0.5) is 0 Å². The fourth-order valence-electron chi connectivity index (χ4n) is 4.73. The summed E-state index contributed by atoms with van der Waals surface area (Å²) in [7, 11) is 0. The van der Waals surface area contributed by atoms with Crippen molar-refractivity contribution in [2.24, 2.45) is 5.73 Å². The van der Waals surface area contributed by atoms with Crippen LogP contribution in [0.2, 0.25) is 5.02 Å². The summed E-state index contributed by atoms with van der Waals surface area (Å²) in [6, 6.07) is 20.0. The van der Waals surface area contributed by atoms with Crippen molar-refractivity contribution < 1.29 is 5.11 Å². The van der Waals surface area contributed by atoms with E-state index in [4.69, 9.17) is 22.3 Å². The van der Waals surface area contributed by atoms with Crippen LogP contribution >= 0.6 is 11.6 Å². The van der Waals surface area contributed by atoms with Crippen LogP contribution in [0.1, 0.15) is 24.1 Å². The maximum absolute atomic E-state index is 9.74. The van der Waals surface area contributed by atoms with Gasteiger partial charge < -0.3 is 10.8 Å². The van der Waals surface area contributed by atoms with E-state index >= 15 is 0 Å². The normalized spacial score (nSPS) is 20.3. The lowest BCUT2D eigenvalue weighted by atomic mass is 9.70. The predicted octanol–water partition coefficient (Wildman–Crippen LogP) is 4.88. The molecule has 1 fully saturated rings. The van der Waals surface area contributed by atoms with E-state index in [0.717, 1.165) is 50.3 Å². The molecule has 7 heteroatoms. The highest BCUT2D eigenvalue weighted by Crippen LogP contribution is 2.40. The molecule has 6 nitrogen and oxygen atoms in total. The number of benzene rings is 2. The molecule has 0 saturated heterocycles. The highest BCUT2D eigenvalue weighted by atomic mass is 35.5. The summed E-state index contributed by atoms with van der Waals surface area (Å²) >= 11 is 6.32. The molecule has 33 heavy (non-hydrogen) atoms. The molecule has 3 heterocycles. The third-order valence-corrected chi connectivity index (χ3v) is 6.68. The zero-order chi connectivity index (χ0) is 22.7. The predicted molar refractivity (Wildman–Crippen MR) is 130 cm³/mol. The molecular formula is C26H22ClN5O. The Hall–Kier alpha value is -3.32. The van der Waals surface area contributed by atoms with Gasteiger partial charge in [0.25, 0.3) is 0 Å². The second-order valence-corrected chi connectivity index (χ2v) is 9.35. The van der Waals surface area contributed by atoms with E-state index in [9.17, 15) is 5.11 Å². The van der Waals surface area contributed by atoms with Crippen molar-refractivity contribution >= 4 is 28.3 Å². The maximum Gasteiger partial charge on any atom is 0.165 e. The SMILES string of the molecule is Cc1cc2ncc3cc(-c4cccc(Cl)c4)c(-c4ccc(C5(N)CC(O)C5)cc4)nc3n2n1. The third-order valence-electron chi connectivity index (χ3n) is 6.45. The van der Waals surface area contributed by atoms with Gasteiger partial charge in [-0.3, -0.25) is 0 Å². The highest BCUT2D eigenvalue weighted by molar-refractivity contribution is 6.30. The molecule has 0 unspecified atom stereocenters. The lowest BCUT2D eigenvalue weighted by Crippen LogP contribution is -2.51. The van der Waals surface area contributed by atoms with Gasteiger partial charge in [-0.05, 0) is 49.1 Å². The molecule has 3 N–H and O–H groups in total. The topological polar surface area (TPSA) is 89.3 Å². The number of hydrogen-bond acceptors (Lipinski definition) is 5. The molecule has 1 saturated carbocycles. The van der Waals surface area contributed by atoms with Gasteiger partial charge in [-0.25, -0.2) is 9.97 Å². The summed E-state index contributed by atoms with van der Waals surface area (Å²) < 4.78 is 1.79. The van der Waals surface area contributed by atoms with E-state index in [1.165, 1.54) is 0 Å². The summed E-state index contributed by atoms with van der Waals surface area (Å²) in [5, 5.41) is 15.9. The largest absolute Gasteiger partial charge is 0.393 e. The molecule has 0 spiro atoms. The number of aromatic nitrogens is 4. The van der Waals surface area contributed by atoms with Crippen LogP contribution in [-0.4, -0.2) is 30.8 Å². The van der Waals surface area contributed by atoms with Gasteiger partial charge in [-0.15, -0.1) is 0 Å². The van der Waals surface area contributed by atoms with Gasteiger partial charge in [0.05, 0.1) is 17.5 Å². The van der Waals surface area contributed by atoms with E-state index in [1.54, 1.807) is 4.52 Å². The monoisotopic (exact) mass is 455 g/mol. The summed E-state index contributed by atoms with van der Waals surface area (Å²) in [6.45, 7) is 1.94. The number of halogens is 1. The molecule has 5 aromatic rings. The molecule has 2 aromatic carbocycles. The molecule has 6 rings (SSSR count). The maximum atomic E-state index is 9.74. The molecule has 0 radical (unpaired) electrons. The molecule has 1 aliphatic rings. The standard InChI is InChI=1S/C26H22ClN5O/c1-15-9-23-29-14-18-11-22(17-3-2-4-20(27)10-17)24(30-25(18)32(23)31-15)16-5-7-19(8-6-16)26(28)12-21(33)13-26/h2-11,14,21,33H,12-13,28H2,1H3. The first-order valence-electron chi connectivity index (χ1n) is 10.9. The zero-order valence-electron chi connectivity index (χ0n) is 18.0. The Bertz CT molecular complexity index is 1520. The Morgan fingerprint density at radius 3 is 2.58 bits per heavy atom. The summed E-state index contributed by atoms with van der Waals surface area (Å²) in [6.07, 6.45) is 2.68. The number of aryl methyl sites for hydroxylation is 1. The molecular weight excluding hydrogens is 434 g/mol. The minimum Gasteiger partial charge on any atom is -0.393 e. The number of aliphatic hydroxyl groups is 1. The van der Waals surface area contributed by atoms with E-state index in [1.807, 2.05) is 67.7 Å². The smallest absolute Gasteiger partial charge is 0.165 e. The molecule has 164 valence electrons. The Balaban J connectivity index is 1.56. The van der Waals surface area contributed by atoms with E-state index < -0.39 is 5.54 Å². The number of fused-ring (bicyclic) bond motifs is 3. The second-order valence-electron chi connectivity index (χ2n) is 8.92. The summed E-state index contributed by atoms with van der Waals surface area (Å²) in [5.74, 6) is 0. The Kier molecular flexibility index (Phi) is 4.52. The van der Waals surface area contributed by atoms with Crippen LogP contribution in [-0.2, 0) is 5.54 Å². The van der Waals surface area contributed by atoms with Crippen LogP contribution in [0.3, 0.4) is 0 Å². The number of pyridine rings is 1. The quantitative estimate of drug-likeness (QED) is 0.404. The van der Waals surface area contributed by atoms with E-state index in [2.05, 4.69) is 16.1 Å². The van der Waals surface area contributed by atoms with Crippen molar-refractivity contribution in [2.45, 2.75) is 31.4 Å². The van der Waals surface area contributed by atoms with Crippen molar-refractivity contribution in [1.82, 2.24) is 19.6 Å². The van der Waals surface area contributed by atoms with E-state index in [-0.39, 0.29) is 6.10 Å². The Morgan fingerprint density at radius 1 is 1.06 bits per heavy atom. The van der Waals surface area contributed by atoms with Crippen molar-refractivity contribution in [2.75, 3.05) is 0 Å². The number of hydrogen-bond donors (Lipinski definition) is 2. The number of rotatable bonds is 3. The molecule has 0 bridgehead atoms. The van der Waals surface area contributed by atoms with Gasteiger partial charge in [-0.2, -0.15) is 9.61 Å². The molecule has 3 aromatic heterocycles. The third kappa shape index (κ3) is 3.38. The van der Waals surface area contributed by atoms with Crippen LogP contribution in [0, 0.1) is 6.92 Å². The van der Waals surface area contributed by atoms with Crippen molar-refractivity contribution in [3.63, 3.8) is 0 Å². The van der Waals surface area contributed by atoms with Crippen molar-refractivity contribution in [3.05, 3.63) is 83.1 Å². The van der Waals surface area contributed by atoms with Crippen LogP contribution in [0.15, 0.2) is 66.9 Å². The highest BCUT2D eigenvalue weighted by Gasteiger charge is 2.41. The Morgan fingerprint density at radius 2 is 1.85 bits per heavy atom. The summed E-state index contributed by atoms with van der Waals surface area (Å²) in [5.41, 5.74) is 13.2. The Labute approximate surface area is 195 Å². The minimum absolute atomic E-state index is 0.320. The second kappa shape index (κ2) is 7.35. The lowest BCUT2D eigenvalue weighted by Gasteiger charge is -2.42. The average molecular weight is 456 g/mol. The van der Waals surface area contributed by atoms with Crippen LogP contribution in [0.5, 0.6) is 0 Å². The first-order chi connectivity index (χ1) is 15.9. The van der Waals surface area contributed by atoms with Crippen LogP contribution < -0.4 is 5.73 Å². The zero-order valence-corrected chi connectivity index (χ0v) is 18.8.